The molecule has 0 unspecified atom stereocenters. The van der Waals surface area contributed by atoms with Crippen LogP contribution in [0.5, 0.6) is 0 Å². The first kappa shape index (κ1) is 24.6. The first-order valence-corrected chi connectivity index (χ1v) is 12.3. The van der Waals surface area contributed by atoms with Gasteiger partial charge in [0.1, 0.15) is 6.10 Å². The van der Waals surface area contributed by atoms with Gasteiger partial charge in [0.2, 0.25) is 11.8 Å². The third-order valence-corrected chi connectivity index (χ3v) is 7.88. The van der Waals surface area contributed by atoms with Crippen LogP contribution in [0.1, 0.15) is 37.7 Å². The number of carbonyl (C=O) groups is 1. The van der Waals surface area contributed by atoms with Gasteiger partial charge in [0, 0.05) is 53.9 Å². The van der Waals surface area contributed by atoms with Crippen molar-refractivity contribution in [2.24, 2.45) is 23.2 Å². The summed E-state index contributed by atoms with van der Waals surface area (Å²) in [4.78, 5) is 17.6. The Bertz CT molecular complexity index is 1310. The number of rotatable bonds is 5. The minimum Gasteiger partial charge on any atom is -0.462 e. The van der Waals surface area contributed by atoms with Crippen LogP contribution in [-0.2, 0) is 16.0 Å². The first-order valence-electron chi connectivity index (χ1n) is 11.9. The van der Waals surface area contributed by atoms with Crippen molar-refractivity contribution < 1.29 is 22.7 Å². The zero-order chi connectivity index (χ0) is 25.7. The lowest BCUT2D eigenvalue weighted by atomic mass is 9.55. The largest absolute Gasteiger partial charge is 0.462 e. The number of aryl methyl sites for hydroxylation is 1. The van der Waals surface area contributed by atoms with Crippen molar-refractivity contribution in [1.82, 2.24) is 15.2 Å². The highest BCUT2D eigenvalue weighted by atomic mass is 35.5. The van der Waals surface area contributed by atoms with Gasteiger partial charge in [-0.2, -0.15) is 0 Å². The number of esters is 1. The number of alkyl halides is 2. The number of halogens is 3. The number of nitrogens with zero attached hydrogens (tertiary/aromatic N) is 3. The molecule has 2 fully saturated rings. The van der Waals surface area contributed by atoms with Crippen molar-refractivity contribution in [2.75, 3.05) is 0 Å². The van der Waals surface area contributed by atoms with E-state index < -0.39 is 47.6 Å². The van der Waals surface area contributed by atoms with E-state index in [1.165, 1.54) is 6.92 Å². The van der Waals surface area contributed by atoms with Gasteiger partial charge in [0.15, 0.2) is 0 Å². The van der Waals surface area contributed by atoms with Gasteiger partial charge in [-0.05, 0) is 31.1 Å². The Hall–Kier alpha value is -3.13. The van der Waals surface area contributed by atoms with Crippen LogP contribution in [0.3, 0.4) is 0 Å². The third-order valence-electron chi connectivity index (χ3n) is 7.55. The van der Waals surface area contributed by atoms with Crippen LogP contribution in [0.4, 0.5) is 8.78 Å². The summed E-state index contributed by atoms with van der Waals surface area (Å²) in [7, 11) is 0. The minimum absolute atomic E-state index is 0.0842. The molecule has 1 saturated heterocycles. The molecule has 2 aliphatic rings. The fraction of sp³-hybridized carbons (Fsp3) is 0.407. The highest BCUT2D eigenvalue weighted by Crippen LogP contribution is 2.60. The van der Waals surface area contributed by atoms with E-state index in [2.05, 4.69) is 15.2 Å². The van der Waals surface area contributed by atoms with E-state index in [-0.39, 0.29) is 12.3 Å². The van der Waals surface area contributed by atoms with Crippen molar-refractivity contribution in [1.29, 1.82) is 0 Å². The standard InChI is InChI=1S/C27H26ClF2N3O3/c1-15-20(11-10-19-9-8-18(13-31-19)21-6-4-5-7-22(21)28)24-16(2)35-25(34)26(24,14-27(15,29)30)12-23-33-32-17(3)36-23/h4-11,13,15-16,20,24H,12,14H2,1-3H3/t15-,16+,20-,24-,26+/m0/s1. The van der Waals surface area contributed by atoms with Crippen molar-refractivity contribution in [3.63, 3.8) is 0 Å². The second-order valence-electron chi connectivity index (χ2n) is 9.80. The molecule has 36 heavy (non-hydrogen) atoms. The molecule has 1 saturated carbocycles. The average Bonchev–Trinajstić information content (AvgIpc) is 3.34. The Labute approximate surface area is 212 Å². The van der Waals surface area contributed by atoms with Gasteiger partial charge in [0.05, 0.1) is 11.1 Å². The van der Waals surface area contributed by atoms with Gasteiger partial charge in [-0.1, -0.05) is 48.9 Å². The lowest BCUT2D eigenvalue weighted by Gasteiger charge is -2.47. The molecule has 1 aromatic carbocycles. The molecule has 3 heterocycles. The van der Waals surface area contributed by atoms with E-state index in [0.717, 1.165) is 11.1 Å². The number of aromatic nitrogens is 3. The zero-order valence-electron chi connectivity index (χ0n) is 20.1. The van der Waals surface area contributed by atoms with Gasteiger partial charge in [-0.3, -0.25) is 9.78 Å². The summed E-state index contributed by atoms with van der Waals surface area (Å²) in [5.74, 6) is -5.37. The Morgan fingerprint density at radius 2 is 1.94 bits per heavy atom. The molecule has 6 nitrogen and oxygen atoms in total. The molecule has 5 atom stereocenters. The summed E-state index contributed by atoms with van der Waals surface area (Å²) in [5.41, 5.74) is 0.875. The topological polar surface area (TPSA) is 78.1 Å². The van der Waals surface area contributed by atoms with E-state index >= 15 is 8.78 Å². The molecule has 1 aliphatic heterocycles. The number of hydrogen-bond donors (Lipinski definition) is 0. The van der Waals surface area contributed by atoms with Crippen molar-refractivity contribution in [3.8, 4) is 11.1 Å². The van der Waals surface area contributed by atoms with Gasteiger partial charge in [0.25, 0.3) is 5.92 Å². The maximum Gasteiger partial charge on any atom is 0.313 e. The molecule has 0 amide bonds. The SMILES string of the molecule is Cc1nnc(C[C@@]23CC(F)(F)[C@@H](C)[C@H](C=Cc4ccc(-c5ccccc5Cl)cn4)[C@@H]2[C@@H](C)OC3=O)o1. The Morgan fingerprint density at radius 1 is 1.17 bits per heavy atom. The van der Waals surface area contributed by atoms with Crippen molar-refractivity contribution >= 4 is 23.6 Å². The molecule has 0 bridgehead atoms. The number of pyridine rings is 1. The molecular weight excluding hydrogens is 488 g/mol. The van der Waals surface area contributed by atoms with Gasteiger partial charge < -0.3 is 9.15 Å². The van der Waals surface area contributed by atoms with Crippen LogP contribution in [0.15, 0.2) is 53.1 Å². The number of hydrogen-bond acceptors (Lipinski definition) is 6. The second-order valence-corrected chi connectivity index (χ2v) is 10.2. The molecule has 1 aliphatic carbocycles. The van der Waals surface area contributed by atoms with Crippen LogP contribution in [-0.4, -0.2) is 33.2 Å². The number of ether oxygens (including phenoxy) is 1. The van der Waals surface area contributed by atoms with Crippen molar-refractivity contribution in [2.45, 2.75) is 45.6 Å². The molecule has 0 N–H and O–H groups in total. The molecule has 2 aromatic heterocycles. The Morgan fingerprint density at radius 3 is 2.61 bits per heavy atom. The summed E-state index contributed by atoms with van der Waals surface area (Å²) in [6.45, 7) is 4.91. The fourth-order valence-corrected chi connectivity index (χ4v) is 6.02. The second kappa shape index (κ2) is 9.07. The molecule has 5 rings (SSSR count). The summed E-state index contributed by atoms with van der Waals surface area (Å²) < 4.78 is 41.9. The minimum atomic E-state index is -3.09. The van der Waals surface area contributed by atoms with Crippen LogP contribution in [0.25, 0.3) is 17.2 Å². The number of carbonyl (C=O) groups excluding carboxylic acids is 1. The zero-order valence-corrected chi connectivity index (χ0v) is 20.9. The molecule has 0 radical (unpaired) electrons. The maximum absolute atomic E-state index is 15.4. The van der Waals surface area contributed by atoms with Crippen LogP contribution in [0, 0.1) is 30.1 Å². The van der Waals surface area contributed by atoms with Gasteiger partial charge in [-0.25, -0.2) is 8.78 Å². The predicted octanol–water partition coefficient (Wildman–Crippen LogP) is 6.19. The monoisotopic (exact) mass is 513 g/mol. The number of benzene rings is 1. The highest BCUT2D eigenvalue weighted by Gasteiger charge is 2.68. The van der Waals surface area contributed by atoms with E-state index in [0.29, 0.717) is 16.6 Å². The fourth-order valence-electron chi connectivity index (χ4n) is 5.78. The normalized spacial score (nSPS) is 29.3. The highest BCUT2D eigenvalue weighted by molar-refractivity contribution is 6.33. The van der Waals surface area contributed by atoms with Crippen LogP contribution < -0.4 is 0 Å². The van der Waals surface area contributed by atoms with Gasteiger partial charge >= 0.3 is 5.97 Å². The van der Waals surface area contributed by atoms with Crippen LogP contribution in [0.2, 0.25) is 5.02 Å². The molecule has 9 heteroatoms. The van der Waals surface area contributed by atoms with Crippen LogP contribution >= 0.6 is 11.6 Å². The summed E-state index contributed by atoms with van der Waals surface area (Å²) in [6, 6.07) is 11.2. The Balaban J connectivity index is 1.47. The average molecular weight is 514 g/mol. The molecule has 0 spiro atoms. The molecular formula is C27H26ClF2N3O3. The van der Waals surface area contributed by atoms with E-state index in [1.54, 1.807) is 32.2 Å². The third kappa shape index (κ3) is 4.21. The van der Waals surface area contributed by atoms with Gasteiger partial charge in [-0.15, -0.1) is 10.2 Å². The maximum atomic E-state index is 15.4. The quantitative estimate of drug-likeness (QED) is 0.379. The van der Waals surface area contributed by atoms with E-state index in [9.17, 15) is 4.79 Å². The smallest absolute Gasteiger partial charge is 0.313 e. The first-order chi connectivity index (χ1) is 17.1. The Kier molecular flexibility index (Phi) is 6.19. The lowest BCUT2D eigenvalue weighted by molar-refractivity contribution is -0.171. The molecule has 3 aromatic rings. The summed E-state index contributed by atoms with van der Waals surface area (Å²) in [5, 5.41) is 8.39. The van der Waals surface area contributed by atoms with E-state index in [4.69, 9.17) is 20.8 Å². The number of allylic oxidation sites excluding steroid dienone is 1. The molecule has 188 valence electrons. The lowest BCUT2D eigenvalue weighted by Crippen LogP contribution is -2.54. The van der Waals surface area contributed by atoms with Crippen molar-refractivity contribution in [3.05, 3.63) is 71.2 Å². The predicted molar refractivity (Wildman–Crippen MR) is 130 cm³/mol. The summed E-state index contributed by atoms with van der Waals surface area (Å²) >= 11 is 6.29. The summed E-state index contributed by atoms with van der Waals surface area (Å²) in [6.07, 6.45) is 3.94. The van der Waals surface area contributed by atoms with E-state index in [1.807, 2.05) is 36.4 Å². The number of fused-ring (bicyclic) bond motifs is 1. The number of cyclic esters (lactones) is 1.